The van der Waals surface area contributed by atoms with E-state index in [4.69, 9.17) is 5.11 Å². The van der Waals surface area contributed by atoms with Crippen molar-refractivity contribution >= 4 is 0 Å². The normalized spacial score (nSPS) is 21.7. The first-order valence-corrected chi connectivity index (χ1v) is 7.12. The van der Waals surface area contributed by atoms with Crippen LogP contribution in [0.5, 0.6) is 0 Å². The number of nitrogens with zero attached hydrogens (tertiary/aromatic N) is 1. The smallest absolute Gasteiger partial charge is 0.392 e. The molecule has 2 rings (SSSR count). The maximum absolute atomic E-state index is 12.4. The van der Waals surface area contributed by atoms with E-state index in [0.717, 1.165) is 17.5 Å². The molecule has 0 amide bonds. The molecule has 2 atom stereocenters. The fourth-order valence-electron chi connectivity index (χ4n) is 2.78. The van der Waals surface area contributed by atoms with Crippen LogP contribution in [0.15, 0.2) is 24.3 Å². The first-order valence-electron chi connectivity index (χ1n) is 7.12. The molecule has 0 aliphatic carbocycles. The number of aliphatic hydroxyl groups is 1. The van der Waals surface area contributed by atoms with E-state index >= 15 is 0 Å². The summed E-state index contributed by atoms with van der Waals surface area (Å²) in [5.41, 5.74) is 1.88. The third kappa shape index (κ3) is 4.98. The predicted octanol–water partition coefficient (Wildman–Crippen LogP) is 2.47. The summed E-state index contributed by atoms with van der Waals surface area (Å²) in [4.78, 5) is 1.44. The van der Waals surface area contributed by atoms with E-state index in [-0.39, 0.29) is 18.7 Å². The lowest BCUT2D eigenvalue weighted by molar-refractivity contribution is -0.143. The zero-order valence-electron chi connectivity index (χ0n) is 12.0. The number of alkyl halides is 3. The Kier molecular flexibility index (Phi) is 5.24. The Morgan fingerprint density at radius 2 is 2.19 bits per heavy atom. The van der Waals surface area contributed by atoms with Crippen molar-refractivity contribution in [2.24, 2.45) is 0 Å². The van der Waals surface area contributed by atoms with Crippen molar-refractivity contribution in [3.8, 4) is 0 Å². The van der Waals surface area contributed by atoms with E-state index in [9.17, 15) is 13.2 Å². The molecule has 118 valence electrons. The third-order valence-electron chi connectivity index (χ3n) is 3.79. The Bertz CT molecular complexity index is 464. The lowest BCUT2D eigenvalue weighted by atomic mass is 10.0. The summed E-state index contributed by atoms with van der Waals surface area (Å²) in [7, 11) is 0. The van der Waals surface area contributed by atoms with Crippen LogP contribution in [0.2, 0.25) is 0 Å². The van der Waals surface area contributed by atoms with E-state index in [1.165, 1.54) is 4.90 Å². The first-order chi connectivity index (χ1) is 9.87. The van der Waals surface area contributed by atoms with E-state index in [0.29, 0.717) is 13.1 Å². The van der Waals surface area contributed by atoms with Crippen molar-refractivity contribution in [1.82, 2.24) is 10.2 Å². The van der Waals surface area contributed by atoms with Gasteiger partial charge in [-0.1, -0.05) is 24.3 Å². The highest BCUT2D eigenvalue weighted by Crippen LogP contribution is 2.22. The summed E-state index contributed by atoms with van der Waals surface area (Å²) in [5.74, 6) is 0. The van der Waals surface area contributed by atoms with Gasteiger partial charge in [-0.05, 0) is 24.5 Å². The van der Waals surface area contributed by atoms with Crippen molar-refractivity contribution in [2.45, 2.75) is 38.2 Å². The van der Waals surface area contributed by atoms with Gasteiger partial charge in [-0.15, -0.1) is 0 Å². The zero-order chi connectivity index (χ0) is 15.5. The van der Waals surface area contributed by atoms with Gasteiger partial charge in [0.05, 0.1) is 13.2 Å². The zero-order valence-corrected chi connectivity index (χ0v) is 12.0. The molecule has 1 saturated heterocycles. The molecular weight excluding hydrogens is 281 g/mol. The summed E-state index contributed by atoms with van der Waals surface area (Å²) in [6.07, 6.45) is -3.41. The highest BCUT2D eigenvalue weighted by molar-refractivity contribution is 5.25. The van der Waals surface area contributed by atoms with E-state index < -0.39 is 12.7 Å². The summed E-state index contributed by atoms with van der Waals surface area (Å²) in [5, 5.41) is 12.5. The van der Waals surface area contributed by atoms with Gasteiger partial charge in [0.2, 0.25) is 0 Å². The van der Waals surface area contributed by atoms with Gasteiger partial charge in [-0.2, -0.15) is 13.2 Å². The maximum Gasteiger partial charge on any atom is 0.401 e. The first kappa shape index (κ1) is 16.3. The predicted molar refractivity (Wildman–Crippen MR) is 74.8 cm³/mol. The summed E-state index contributed by atoms with van der Waals surface area (Å²) < 4.78 is 37.1. The third-order valence-corrected chi connectivity index (χ3v) is 3.79. The summed E-state index contributed by atoms with van der Waals surface area (Å²) in [6.45, 7) is 2.04. The van der Waals surface area contributed by atoms with Crippen LogP contribution in [-0.2, 0) is 6.61 Å². The Hall–Kier alpha value is -1.11. The van der Waals surface area contributed by atoms with Gasteiger partial charge in [0.15, 0.2) is 0 Å². The van der Waals surface area contributed by atoms with Crippen LogP contribution in [0.4, 0.5) is 13.2 Å². The maximum atomic E-state index is 12.4. The average Bonchev–Trinajstić information content (AvgIpc) is 2.83. The van der Waals surface area contributed by atoms with Gasteiger partial charge >= 0.3 is 6.18 Å². The van der Waals surface area contributed by atoms with E-state index in [2.05, 4.69) is 5.32 Å². The topological polar surface area (TPSA) is 35.5 Å². The number of rotatable bonds is 5. The Balaban J connectivity index is 1.87. The summed E-state index contributed by atoms with van der Waals surface area (Å²) in [6, 6.07) is 7.72. The highest BCUT2D eigenvalue weighted by Gasteiger charge is 2.34. The molecule has 3 nitrogen and oxygen atoms in total. The number of aliphatic hydroxyl groups excluding tert-OH is 1. The standard InChI is InChI=1S/C15H21F3N2O/c1-11(13-4-2-3-12(7-13)9-21)19-14-5-6-20(8-14)10-15(16,17)18/h2-4,7,11,14,19,21H,5-6,8-10H2,1H3/t11-,14+/m1/s1. The van der Waals surface area contributed by atoms with Gasteiger partial charge in [-0.25, -0.2) is 0 Å². The molecule has 1 aliphatic heterocycles. The number of nitrogens with one attached hydrogen (secondary N) is 1. The van der Waals surface area contributed by atoms with Gasteiger partial charge in [-0.3, -0.25) is 4.90 Å². The minimum atomic E-state index is -4.13. The number of hydrogen-bond acceptors (Lipinski definition) is 3. The minimum absolute atomic E-state index is 0.0106. The van der Waals surface area contributed by atoms with Crippen LogP contribution >= 0.6 is 0 Å². The van der Waals surface area contributed by atoms with Crippen LogP contribution < -0.4 is 5.32 Å². The molecule has 1 aliphatic rings. The fourth-order valence-corrected chi connectivity index (χ4v) is 2.78. The summed E-state index contributed by atoms with van der Waals surface area (Å²) >= 11 is 0. The molecule has 0 saturated carbocycles. The van der Waals surface area contributed by atoms with Crippen molar-refractivity contribution in [3.63, 3.8) is 0 Å². The van der Waals surface area contributed by atoms with Gasteiger partial charge < -0.3 is 10.4 Å². The second-order valence-corrected chi connectivity index (χ2v) is 5.63. The molecule has 1 aromatic carbocycles. The molecular formula is C15H21F3N2O. The molecule has 2 N–H and O–H groups in total. The lowest BCUT2D eigenvalue weighted by Gasteiger charge is -2.21. The molecule has 0 radical (unpaired) electrons. The van der Waals surface area contributed by atoms with Crippen molar-refractivity contribution < 1.29 is 18.3 Å². The fraction of sp³-hybridized carbons (Fsp3) is 0.600. The van der Waals surface area contributed by atoms with Crippen LogP contribution in [-0.4, -0.2) is 41.9 Å². The quantitative estimate of drug-likeness (QED) is 0.877. The molecule has 21 heavy (non-hydrogen) atoms. The van der Waals surface area contributed by atoms with Crippen molar-refractivity contribution in [3.05, 3.63) is 35.4 Å². The van der Waals surface area contributed by atoms with E-state index in [1.54, 1.807) is 0 Å². The minimum Gasteiger partial charge on any atom is -0.392 e. The van der Waals surface area contributed by atoms with Gasteiger partial charge in [0, 0.05) is 25.2 Å². The molecule has 0 bridgehead atoms. The van der Waals surface area contributed by atoms with Crippen LogP contribution in [0.1, 0.15) is 30.5 Å². The average molecular weight is 302 g/mol. The molecule has 0 spiro atoms. The number of halogens is 3. The largest absolute Gasteiger partial charge is 0.401 e. The molecule has 1 fully saturated rings. The Morgan fingerprint density at radius 3 is 2.86 bits per heavy atom. The van der Waals surface area contributed by atoms with Crippen LogP contribution in [0, 0.1) is 0 Å². The second kappa shape index (κ2) is 6.77. The highest BCUT2D eigenvalue weighted by atomic mass is 19.4. The molecule has 0 unspecified atom stereocenters. The Labute approximate surface area is 122 Å². The molecule has 1 heterocycles. The van der Waals surface area contributed by atoms with Crippen molar-refractivity contribution in [1.29, 1.82) is 0 Å². The number of benzene rings is 1. The lowest BCUT2D eigenvalue weighted by Crippen LogP contribution is -2.37. The van der Waals surface area contributed by atoms with Crippen LogP contribution in [0.25, 0.3) is 0 Å². The Morgan fingerprint density at radius 1 is 1.43 bits per heavy atom. The van der Waals surface area contributed by atoms with Crippen molar-refractivity contribution in [2.75, 3.05) is 19.6 Å². The van der Waals surface area contributed by atoms with Crippen LogP contribution in [0.3, 0.4) is 0 Å². The molecule has 1 aromatic rings. The number of hydrogen-bond donors (Lipinski definition) is 2. The second-order valence-electron chi connectivity index (χ2n) is 5.63. The monoisotopic (exact) mass is 302 g/mol. The number of likely N-dealkylation sites (tertiary alicyclic amines) is 1. The van der Waals surface area contributed by atoms with Gasteiger partial charge in [0.25, 0.3) is 0 Å². The molecule has 0 aromatic heterocycles. The van der Waals surface area contributed by atoms with E-state index in [1.807, 2.05) is 31.2 Å². The molecule has 6 heteroatoms. The SMILES string of the molecule is C[C@@H](N[C@H]1CCN(CC(F)(F)F)C1)c1cccc(CO)c1. The van der Waals surface area contributed by atoms with Gasteiger partial charge in [0.1, 0.15) is 0 Å².